The standard InChI is InChI=1S/C9H14BrNO3/c1-4-11(5-8(12)13)7(3)6(2)9(10)14/h4,6,9,14H,1,3,5H2,2H3,(H,12,13). The highest BCUT2D eigenvalue weighted by atomic mass is 79.9. The summed E-state index contributed by atoms with van der Waals surface area (Å²) in [6.45, 7) is 8.72. The summed E-state index contributed by atoms with van der Waals surface area (Å²) in [7, 11) is 0. The van der Waals surface area contributed by atoms with Crippen molar-refractivity contribution in [2.75, 3.05) is 6.54 Å². The maximum atomic E-state index is 10.5. The van der Waals surface area contributed by atoms with Crippen molar-refractivity contribution < 1.29 is 15.0 Å². The number of carbonyl (C=O) groups is 1. The Hall–Kier alpha value is -0.810. The van der Waals surface area contributed by atoms with Gasteiger partial charge in [-0.15, -0.1) is 0 Å². The van der Waals surface area contributed by atoms with E-state index in [4.69, 9.17) is 5.11 Å². The van der Waals surface area contributed by atoms with Crippen LogP contribution in [0, 0.1) is 5.92 Å². The van der Waals surface area contributed by atoms with Crippen LogP contribution in [0.3, 0.4) is 0 Å². The number of hydrogen-bond acceptors (Lipinski definition) is 3. The van der Waals surface area contributed by atoms with E-state index in [1.165, 1.54) is 11.1 Å². The van der Waals surface area contributed by atoms with E-state index in [-0.39, 0.29) is 12.5 Å². The smallest absolute Gasteiger partial charge is 0.323 e. The van der Waals surface area contributed by atoms with Crippen molar-refractivity contribution >= 4 is 21.9 Å². The number of carboxylic acid groups (broad SMARTS) is 1. The van der Waals surface area contributed by atoms with Gasteiger partial charge in [-0.3, -0.25) is 4.79 Å². The van der Waals surface area contributed by atoms with E-state index in [2.05, 4.69) is 29.1 Å². The van der Waals surface area contributed by atoms with Gasteiger partial charge in [0.15, 0.2) is 0 Å². The lowest BCUT2D eigenvalue weighted by atomic mass is 10.1. The Morgan fingerprint density at radius 1 is 1.71 bits per heavy atom. The normalized spacial score (nSPS) is 14.2. The first-order valence-electron chi connectivity index (χ1n) is 4.02. The number of aliphatic hydroxyl groups is 1. The van der Waals surface area contributed by atoms with Gasteiger partial charge >= 0.3 is 5.97 Å². The van der Waals surface area contributed by atoms with Crippen molar-refractivity contribution in [1.82, 2.24) is 4.90 Å². The summed E-state index contributed by atoms with van der Waals surface area (Å²) in [4.78, 5) is 11.8. The van der Waals surface area contributed by atoms with E-state index in [0.29, 0.717) is 5.70 Å². The molecule has 0 spiro atoms. The third-order valence-corrected chi connectivity index (χ3v) is 2.63. The number of carboxylic acids is 1. The predicted octanol–water partition coefficient (Wildman–Crippen LogP) is 1.38. The molecule has 2 N–H and O–H groups in total. The van der Waals surface area contributed by atoms with Gasteiger partial charge in [-0.25, -0.2) is 0 Å². The fourth-order valence-corrected chi connectivity index (χ4v) is 1.15. The van der Waals surface area contributed by atoms with Gasteiger partial charge in [0, 0.05) is 11.6 Å². The molecule has 2 atom stereocenters. The Morgan fingerprint density at radius 3 is 2.50 bits per heavy atom. The quantitative estimate of drug-likeness (QED) is 0.711. The Kier molecular flexibility index (Phi) is 5.49. The van der Waals surface area contributed by atoms with Gasteiger partial charge in [-0.1, -0.05) is 36.0 Å². The molecule has 0 saturated carbocycles. The minimum Gasteiger partial charge on any atom is -0.480 e. The van der Waals surface area contributed by atoms with Gasteiger partial charge in [0.25, 0.3) is 0 Å². The van der Waals surface area contributed by atoms with Crippen molar-refractivity contribution in [3.05, 3.63) is 25.1 Å². The Bertz CT molecular complexity index is 240. The summed E-state index contributed by atoms with van der Waals surface area (Å²) < 4.78 is 0. The third-order valence-electron chi connectivity index (χ3n) is 1.83. The molecule has 0 bridgehead atoms. The van der Waals surface area contributed by atoms with E-state index < -0.39 is 11.0 Å². The molecule has 0 rings (SSSR count). The second kappa shape index (κ2) is 5.82. The number of halogens is 1. The molecule has 0 aliphatic rings. The largest absolute Gasteiger partial charge is 0.480 e. The van der Waals surface area contributed by atoms with E-state index in [9.17, 15) is 9.90 Å². The molecule has 5 heteroatoms. The highest BCUT2D eigenvalue weighted by molar-refractivity contribution is 9.09. The van der Waals surface area contributed by atoms with Crippen LogP contribution >= 0.6 is 15.9 Å². The summed E-state index contributed by atoms with van der Waals surface area (Å²) in [6.07, 6.45) is 1.38. The third kappa shape index (κ3) is 3.93. The van der Waals surface area contributed by atoms with Gasteiger partial charge in [-0.2, -0.15) is 0 Å². The fourth-order valence-electron chi connectivity index (χ4n) is 0.849. The monoisotopic (exact) mass is 263 g/mol. The second-order valence-corrected chi connectivity index (χ2v) is 3.80. The number of aliphatic carboxylic acids is 1. The average molecular weight is 264 g/mol. The highest BCUT2D eigenvalue weighted by Crippen LogP contribution is 2.20. The topological polar surface area (TPSA) is 60.8 Å². The summed E-state index contributed by atoms with van der Waals surface area (Å²) in [5.41, 5.74) is 0.506. The molecule has 14 heavy (non-hydrogen) atoms. The molecular weight excluding hydrogens is 250 g/mol. The zero-order valence-electron chi connectivity index (χ0n) is 7.98. The van der Waals surface area contributed by atoms with Crippen molar-refractivity contribution in [3.63, 3.8) is 0 Å². The lowest BCUT2D eigenvalue weighted by Gasteiger charge is -2.26. The molecule has 0 aliphatic carbocycles. The van der Waals surface area contributed by atoms with Gasteiger partial charge in [0.2, 0.25) is 0 Å². The summed E-state index contributed by atoms with van der Waals surface area (Å²) in [5.74, 6) is -1.24. The first-order chi connectivity index (χ1) is 6.40. The lowest BCUT2D eigenvalue weighted by molar-refractivity contribution is -0.137. The molecule has 80 valence electrons. The van der Waals surface area contributed by atoms with Crippen LogP contribution in [-0.4, -0.2) is 32.6 Å². The van der Waals surface area contributed by atoms with Crippen LogP contribution in [0.5, 0.6) is 0 Å². The van der Waals surface area contributed by atoms with Crippen LogP contribution < -0.4 is 0 Å². The molecule has 0 amide bonds. The number of rotatable bonds is 6. The minimum atomic E-state index is -0.970. The van der Waals surface area contributed by atoms with E-state index in [1.807, 2.05) is 0 Å². The fraction of sp³-hybridized carbons (Fsp3) is 0.444. The van der Waals surface area contributed by atoms with Gasteiger partial charge in [0.1, 0.15) is 11.6 Å². The maximum Gasteiger partial charge on any atom is 0.323 e. The van der Waals surface area contributed by atoms with E-state index in [0.717, 1.165) is 0 Å². The second-order valence-electron chi connectivity index (χ2n) is 2.86. The molecule has 0 saturated heterocycles. The van der Waals surface area contributed by atoms with E-state index in [1.54, 1.807) is 6.92 Å². The minimum absolute atomic E-state index is 0.202. The van der Waals surface area contributed by atoms with Crippen molar-refractivity contribution in [1.29, 1.82) is 0 Å². The van der Waals surface area contributed by atoms with Gasteiger partial charge in [0.05, 0.1) is 0 Å². The number of hydrogen-bond donors (Lipinski definition) is 2. The molecular formula is C9H14BrNO3. The molecule has 0 aromatic heterocycles. The number of alkyl halides is 1. The maximum absolute atomic E-state index is 10.5. The molecule has 0 heterocycles. The predicted molar refractivity (Wildman–Crippen MR) is 57.8 cm³/mol. The zero-order chi connectivity index (χ0) is 11.3. The summed E-state index contributed by atoms with van der Waals surface area (Å²) in [6, 6.07) is 0. The molecule has 4 nitrogen and oxygen atoms in total. The number of aliphatic hydroxyl groups excluding tert-OH is 1. The van der Waals surface area contributed by atoms with Crippen molar-refractivity contribution in [3.8, 4) is 0 Å². The SMILES string of the molecule is C=CN(CC(=O)O)C(=C)C(C)C(O)Br. The Morgan fingerprint density at radius 2 is 2.21 bits per heavy atom. The average Bonchev–Trinajstić information content (AvgIpc) is 2.11. The first kappa shape index (κ1) is 13.2. The highest BCUT2D eigenvalue weighted by Gasteiger charge is 2.19. The van der Waals surface area contributed by atoms with Crippen LogP contribution in [0.2, 0.25) is 0 Å². The molecule has 0 aliphatic heterocycles. The molecule has 0 aromatic rings. The van der Waals surface area contributed by atoms with Crippen LogP contribution in [0.1, 0.15) is 6.92 Å². The van der Waals surface area contributed by atoms with Crippen molar-refractivity contribution in [2.45, 2.75) is 11.9 Å². The summed E-state index contributed by atoms with van der Waals surface area (Å²) >= 11 is 2.99. The Balaban J connectivity index is 4.45. The van der Waals surface area contributed by atoms with Crippen molar-refractivity contribution in [2.24, 2.45) is 5.92 Å². The first-order valence-corrected chi connectivity index (χ1v) is 4.93. The zero-order valence-corrected chi connectivity index (χ0v) is 9.57. The summed E-state index contributed by atoms with van der Waals surface area (Å²) in [5, 5.41) is 17.1. The number of nitrogens with zero attached hydrogens (tertiary/aromatic N) is 1. The molecule has 2 unspecified atom stereocenters. The van der Waals surface area contributed by atoms with Crippen LogP contribution in [0.15, 0.2) is 25.1 Å². The van der Waals surface area contributed by atoms with Gasteiger partial charge in [-0.05, 0) is 6.20 Å². The van der Waals surface area contributed by atoms with Gasteiger partial charge < -0.3 is 15.1 Å². The molecule has 0 aromatic carbocycles. The molecule has 0 fully saturated rings. The van der Waals surface area contributed by atoms with Crippen LogP contribution in [-0.2, 0) is 4.79 Å². The Labute approximate surface area is 91.7 Å². The lowest BCUT2D eigenvalue weighted by Crippen LogP contribution is -2.29. The molecule has 0 radical (unpaired) electrons. The van der Waals surface area contributed by atoms with E-state index >= 15 is 0 Å². The van der Waals surface area contributed by atoms with Crippen LogP contribution in [0.4, 0.5) is 0 Å². The van der Waals surface area contributed by atoms with Crippen LogP contribution in [0.25, 0.3) is 0 Å².